The molecule has 1 heterocycles. The van der Waals surface area contributed by atoms with Crippen molar-refractivity contribution in [3.05, 3.63) is 29.8 Å². The number of nitriles is 1. The zero-order valence-electron chi connectivity index (χ0n) is 14.1. The number of nitrogens with zero attached hydrogens (tertiary/aromatic N) is 2. The van der Waals surface area contributed by atoms with E-state index in [-0.39, 0.29) is 11.2 Å². The van der Waals surface area contributed by atoms with Gasteiger partial charge in [0.25, 0.3) is 0 Å². The fraction of sp³-hybridized carbons (Fsp3) is 0.500. The second-order valence-electron chi connectivity index (χ2n) is 6.57. The van der Waals surface area contributed by atoms with Gasteiger partial charge in [-0.2, -0.15) is 5.26 Å². The molecule has 1 saturated carbocycles. The lowest BCUT2D eigenvalue weighted by Gasteiger charge is -2.21. The Morgan fingerprint density at radius 1 is 1.44 bits per heavy atom. The number of carbonyl (C=O) groups is 2. The van der Waals surface area contributed by atoms with Crippen LogP contribution in [-0.2, 0) is 11.2 Å². The molecular formula is C18H21N3O3S. The van der Waals surface area contributed by atoms with Crippen molar-refractivity contribution in [2.75, 3.05) is 6.54 Å². The normalized spacial score (nSPS) is 23.8. The molecule has 6 nitrogen and oxygen atoms in total. The maximum atomic E-state index is 12.5. The fourth-order valence-corrected chi connectivity index (χ4v) is 4.54. The van der Waals surface area contributed by atoms with Gasteiger partial charge in [0.1, 0.15) is 11.6 Å². The van der Waals surface area contributed by atoms with Crippen molar-refractivity contribution < 1.29 is 14.7 Å². The summed E-state index contributed by atoms with van der Waals surface area (Å²) in [6.07, 6.45) is 1.55. The van der Waals surface area contributed by atoms with E-state index in [4.69, 9.17) is 5.26 Å². The van der Waals surface area contributed by atoms with Crippen LogP contribution in [0, 0.1) is 11.3 Å². The molecular weight excluding hydrogens is 338 g/mol. The van der Waals surface area contributed by atoms with Crippen LogP contribution in [0.4, 0.5) is 4.79 Å². The monoisotopic (exact) mass is 359 g/mol. The summed E-state index contributed by atoms with van der Waals surface area (Å²) in [7, 11) is 0. The minimum absolute atomic E-state index is 0.0248. The summed E-state index contributed by atoms with van der Waals surface area (Å²) in [5, 5.41) is 21.4. The van der Waals surface area contributed by atoms with E-state index in [1.807, 2.05) is 18.2 Å². The molecule has 2 N–H and O–H groups in total. The molecule has 7 heteroatoms. The molecule has 1 aliphatic carbocycles. The Bertz CT molecular complexity index is 727. The van der Waals surface area contributed by atoms with Crippen LogP contribution < -0.4 is 5.32 Å². The number of rotatable bonds is 5. The number of amides is 2. The highest BCUT2D eigenvalue weighted by molar-refractivity contribution is 8.00. The Labute approximate surface area is 151 Å². The molecule has 2 fully saturated rings. The van der Waals surface area contributed by atoms with Gasteiger partial charge in [-0.1, -0.05) is 25.1 Å². The van der Waals surface area contributed by atoms with E-state index in [9.17, 15) is 14.7 Å². The molecule has 0 spiro atoms. The fourth-order valence-electron chi connectivity index (χ4n) is 3.14. The summed E-state index contributed by atoms with van der Waals surface area (Å²) in [5.41, 5.74) is 0.449. The summed E-state index contributed by atoms with van der Waals surface area (Å²) in [6, 6.07) is 9.46. The molecule has 3 rings (SSSR count). The van der Waals surface area contributed by atoms with Crippen molar-refractivity contribution in [3.63, 3.8) is 0 Å². The second-order valence-corrected chi connectivity index (χ2v) is 7.91. The van der Waals surface area contributed by atoms with Crippen LogP contribution in [0.25, 0.3) is 0 Å². The van der Waals surface area contributed by atoms with E-state index in [1.165, 1.54) is 10.5 Å². The topological polar surface area (TPSA) is 93.4 Å². The quantitative estimate of drug-likeness (QED) is 0.843. The van der Waals surface area contributed by atoms with Gasteiger partial charge in [-0.15, -0.1) is 11.8 Å². The molecule has 132 valence electrons. The second kappa shape index (κ2) is 6.96. The van der Waals surface area contributed by atoms with Gasteiger partial charge in [0.15, 0.2) is 0 Å². The van der Waals surface area contributed by atoms with Crippen molar-refractivity contribution in [2.24, 2.45) is 0 Å². The highest BCUT2D eigenvalue weighted by Crippen LogP contribution is 2.37. The molecule has 0 aromatic heterocycles. The molecule has 1 aliphatic heterocycles. The van der Waals surface area contributed by atoms with Gasteiger partial charge < -0.3 is 10.4 Å². The summed E-state index contributed by atoms with van der Waals surface area (Å²) in [6.45, 7) is 2.40. The first-order chi connectivity index (χ1) is 12.0. The number of carboxylic acid groups (broad SMARTS) is 1. The van der Waals surface area contributed by atoms with Crippen LogP contribution in [0.5, 0.6) is 0 Å². The highest BCUT2D eigenvalue weighted by atomic mass is 32.2. The van der Waals surface area contributed by atoms with Crippen LogP contribution in [0.15, 0.2) is 29.2 Å². The van der Waals surface area contributed by atoms with Crippen molar-refractivity contribution in [3.8, 4) is 6.07 Å². The van der Waals surface area contributed by atoms with Crippen molar-refractivity contribution >= 4 is 23.8 Å². The van der Waals surface area contributed by atoms with Crippen LogP contribution >= 0.6 is 11.8 Å². The van der Waals surface area contributed by atoms with Gasteiger partial charge in [-0.3, -0.25) is 9.69 Å². The van der Waals surface area contributed by atoms with Crippen LogP contribution in [0.1, 0.15) is 31.7 Å². The number of aryl methyl sites for hydroxylation is 1. The molecule has 2 atom stereocenters. The predicted molar refractivity (Wildman–Crippen MR) is 94.3 cm³/mol. The van der Waals surface area contributed by atoms with Crippen LogP contribution in [0.3, 0.4) is 0 Å². The van der Waals surface area contributed by atoms with E-state index in [0.29, 0.717) is 25.8 Å². The first kappa shape index (κ1) is 17.6. The Kier molecular flexibility index (Phi) is 4.91. The molecule has 1 aromatic carbocycles. The average Bonchev–Trinajstić information content (AvgIpc) is 3.24. The number of likely N-dealkylation sites (tertiary alicyclic amines) is 1. The van der Waals surface area contributed by atoms with Gasteiger partial charge in [0, 0.05) is 16.7 Å². The molecule has 1 aromatic rings. The van der Waals surface area contributed by atoms with Gasteiger partial charge in [0.05, 0.1) is 6.07 Å². The Morgan fingerprint density at radius 2 is 2.16 bits per heavy atom. The number of hydrogen-bond donors (Lipinski definition) is 2. The van der Waals surface area contributed by atoms with E-state index in [1.54, 1.807) is 11.8 Å². The van der Waals surface area contributed by atoms with Crippen LogP contribution in [-0.4, -0.2) is 45.4 Å². The van der Waals surface area contributed by atoms with Gasteiger partial charge >= 0.3 is 6.09 Å². The summed E-state index contributed by atoms with van der Waals surface area (Å²) >= 11 is 1.63. The third kappa shape index (κ3) is 3.74. The van der Waals surface area contributed by atoms with E-state index in [0.717, 1.165) is 11.3 Å². The molecule has 1 saturated heterocycles. The third-order valence-corrected chi connectivity index (χ3v) is 6.11. The predicted octanol–water partition coefficient (Wildman–Crippen LogP) is 2.63. The molecule has 0 radical (unpaired) electrons. The first-order valence-electron chi connectivity index (χ1n) is 8.45. The summed E-state index contributed by atoms with van der Waals surface area (Å²) in [5.74, 6) is -0.353. The Morgan fingerprint density at radius 3 is 2.76 bits per heavy atom. The number of nitrogens with one attached hydrogen (secondary N) is 1. The lowest BCUT2D eigenvalue weighted by atomic mass is 10.2. The van der Waals surface area contributed by atoms with Gasteiger partial charge in [-0.05, 0) is 37.3 Å². The van der Waals surface area contributed by atoms with E-state index >= 15 is 0 Å². The lowest BCUT2D eigenvalue weighted by Crippen LogP contribution is -2.49. The maximum absolute atomic E-state index is 12.5. The number of thioether (sulfide) groups is 1. The van der Waals surface area contributed by atoms with Crippen molar-refractivity contribution in [2.45, 2.75) is 54.3 Å². The Hall–Kier alpha value is -2.20. The first-order valence-corrected chi connectivity index (χ1v) is 9.33. The van der Waals surface area contributed by atoms with E-state index < -0.39 is 17.7 Å². The van der Waals surface area contributed by atoms with Gasteiger partial charge in [0.2, 0.25) is 5.91 Å². The zero-order valence-corrected chi connectivity index (χ0v) is 14.9. The third-order valence-electron chi connectivity index (χ3n) is 4.78. The number of hydrogen-bond acceptors (Lipinski definition) is 4. The zero-order chi connectivity index (χ0) is 18.0. The molecule has 0 unspecified atom stereocenters. The number of carbonyl (C=O) groups excluding carboxylic acids is 1. The van der Waals surface area contributed by atoms with E-state index in [2.05, 4.69) is 24.4 Å². The van der Waals surface area contributed by atoms with Gasteiger partial charge in [-0.25, -0.2) is 4.79 Å². The van der Waals surface area contributed by atoms with Crippen molar-refractivity contribution in [1.82, 2.24) is 10.2 Å². The largest absolute Gasteiger partial charge is 0.465 e. The van der Waals surface area contributed by atoms with Crippen molar-refractivity contribution in [1.29, 1.82) is 5.26 Å². The smallest absolute Gasteiger partial charge is 0.408 e. The maximum Gasteiger partial charge on any atom is 0.408 e. The summed E-state index contributed by atoms with van der Waals surface area (Å²) < 4.78 is 0. The molecule has 2 amide bonds. The molecule has 25 heavy (non-hydrogen) atoms. The number of benzene rings is 1. The minimum atomic E-state index is -1.09. The SMILES string of the molecule is CCc1ccccc1S[C@@H]1C[C@@H](C(=O)NC2(C#N)CC2)N(C(=O)O)C1. The Balaban J connectivity index is 1.71. The highest BCUT2D eigenvalue weighted by Gasteiger charge is 2.48. The average molecular weight is 359 g/mol. The van der Waals surface area contributed by atoms with Crippen LogP contribution in [0.2, 0.25) is 0 Å². The summed E-state index contributed by atoms with van der Waals surface area (Å²) in [4.78, 5) is 26.4. The standard InChI is InChI=1S/C18H21N3O3S/c1-2-12-5-3-4-6-15(12)25-13-9-14(21(10-13)17(23)24)16(22)20-18(11-19)7-8-18/h3-6,13-14H,2,7-10H2,1H3,(H,20,22)(H,23,24)/t13-,14+/m1/s1. The molecule has 2 aliphatic rings. The minimum Gasteiger partial charge on any atom is -0.465 e. The molecule has 0 bridgehead atoms. The lowest BCUT2D eigenvalue weighted by molar-refractivity contribution is -0.125.